The highest BCUT2D eigenvalue weighted by molar-refractivity contribution is 5.92. The van der Waals surface area contributed by atoms with Crippen LogP contribution in [0, 0.1) is 13.8 Å². The number of aryl methyl sites for hydroxylation is 2. The van der Waals surface area contributed by atoms with E-state index in [1.807, 2.05) is 26.8 Å². The van der Waals surface area contributed by atoms with Gasteiger partial charge in [-0.2, -0.15) is 0 Å². The standard InChI is InChI=1S/C13H20N2O2/c1-4-5-11(16)8-14-13(17)12-7-9(2)6-10(3)15-12/h6-7,11,16H,4-5,8H2,1-3H3,(H,14,17). The number of aliphatic hydroxyl groups excluding tert-OH is 1. The lowest BCUT2D eigenvalue weighted by Gasteiger charge is -2.10. The van der Waals surface area contributed by atoms with E-state index in [0.29, 0.717) is 12.1 Å². The average molecular weight is 236 g/mol. The molecule has 1 amide bonds. The van der Waals surface area contributed by atoms with Gasteiger partial charge in [0.05, 0.1) is 6.10 Å². The molecule has 0 fully saturated rings. The zero-order chi connectivity index (χ0) is 12.8. The van der Waals surface area contributed by atoms with Gasteiger partial charge in [-0.25, -0.2) is 4.98 Å². The monoisotopic (exact) mass is 236 g/mol. The first-order chi connectivity index (χ1) is 8.02. The van der Waals surface area contributed by atoms with Crippen molar-refractivity contribution in [3.05, 3.63) is 29.1 Å². The molecule has 0 aliphatic heterocycles. The summed E-state index contributed by atoms with van der Waals surface area (Å²) in [5, 5.41) is 12.2. The molecule has 0 radical (unpaired) electrons. The maximum Gasteiger partial charge on any atom is 0.269 e. The highest BCUT2D eigenvalue weighted by Gasteiger charge is 2.10. The second-order valence-corrected chi connectivity index (χ2v) is 4.32. The molecule has 17 heavy (non-hydrogen) atoms. The predicted molar refractivity (Wildman–Crippen MR) is 67.0 cm³/mol. The number of carbonyl (C=O) groups excluding carboxylic acids is 1. The summed E-state index contributed by atoms with van der Waals surface area (Å²) >= 11 is 0. The van der Waals surface area contributed by atoms with Crippen LogP contribution in [0.3, 0.4) is 0 Å². The van der Waals surface area contributed by atoms with Gasteiger partial charge in [0.2, 0.25) is 0 Å². The third-order valence-electron chi connectivity index (χ3n) is 2.45. The quantitative estimate of drug-likeness (QED) is 0.816. The molecule has 4 heteroatoms. The summed E-state index contributed by atoms with van der Waals surface area (Å²) in [4.78, 5) is 15.9. The van der Waals surface area contributed by atoms with Crippen molar-refractivity contribution < 1.29 is 9.90 Å². The molecular formula is C13H20N2O2. The molecule has 1 unspecified atom stereocenters. The number of nitrogens with one attached hydrogen (secondary N) is 1. The Morgan fingerprint density at radius 2 is 2.18 bits per heavy atom. The Labute approximate surface area is 102 Å². The Morgan fingerprint density at radius 3 is 2.76 bits per heavy atom. The van der Waals surface area contributed by atoms with E-state index in [1.54, 1.807) is 6.07 Å². The van der Waals surface area contributed by atoms with Crippen molar-refractivity contribution >= 4 is 5.91 Å². The summed E-state index contributed by atoms with van der Waals surface area (Å²) in [5.74, 6) is -0.230. The lowest BCUT2D eigenvalue weighted by molar-refractivity contribution is 0.0905. The number of hydrogen-bond donors (Lipinski definition) is 2. The van der Waals surface area contributed by atoms with Crippen LogP contribution < -0.4 is 5.32 Å². The molecule has 0 aliphatic rings. The Bertz CT molecular complexity index is 371. The van der Waals surface area contributed by atoms with E-state index in [2.05, 4.69) is 10.3 Å². The van der Waals surface area contributed by atoms with E-state index in [9.17, 15) is 9.90 Å². The molecule has 1 rings (SSSR count). The lowest BCUT2D eigenvalue weighted by atomic mass is 10.2. The maximum absolute atomic E-state index is 11.8. The van der Waals surface area contributed by atoms with E-state index in [4.69, 9.17) is 0 Å². The fourth-order valence-corrected chi connectivity index (χ4v) is 1.69. The molecule has 1 aromatic rings. The minimum absolute atomic E-state index is 0.230. The van der Waals surface area contributed by atoms with Gasteiger partial charge in [-0.05, 0) is 38.0 Å². The van der Waals surface area contributed by atoms with E-state index >= 15 is 0 Å². The van der Waals surface area contributed by atoms with E-state index in [0.717, 1.165) is 17.7 Å². The Kier molecular flexibility index (Phi) is 5.10. The number of rotatable bonds is 5. The van der Waals surface area contributed by atoms with Crippen LogP contribution in [0.15, 0.2) is 12.1 Å². The smallest absolute Gasteiger partial charge is 0.269 e. The van der Waals surface area contributed by atoms with E-state index < -0.39 is 6.10 Å². The molecule has 0 aromatic carbocycles. The molecule has 1 aromatic heterocycles. The van der Waals surface area contributed by atoms with Crippen LogP contribution in [-0.2, 0) is 0 Å². The van der Waals surface area contributed by atoms with Gasteiger partial charge in [-0.1, -0.05) is 13.3 Å². The highest BCUT2D eigenvalue weighted by atomic mass is 16.3. The lowest BCUT2D eigenvalue weighted by Crippen LogP contribution is -2.32. The summed E-state index contributed by atoms with van der Waals surface area (Å²) in [6.45, 7) is 6.06. The van der Waals surface area contributed by atoms with Crippen LogP contribution in [0.4, 0.5) is 0 Å². The first kappa shape index (κ1) is 13.6. The second-order valence-electron chi connectivity index (χ2n) is 4.32. The number of carbonyl (C=O) groups is 1. The Hall–Kier alpha value is -1.42. The third kappa shape index (κ3) is 4.53. The topological polar surface area (TPSA) is 62.2 Å². The number of pyridine rings is 1. The second kappa shape index (κ2) is 6.35. The Morgan fingerprint density at radius 1 is 1.47 bits per heavy atom. The summed E-state index contributed by atoms with van der Waals surface area (Å²) in [7, 11) is 0. The van der Waals surface area contributed by atoms with Gasteiger partial charge in [-0.15, -0.1) is 0 Å². The highest BCUT2D eigenvalue weighted by Crippen LogP contribution is 2.04. The molecule has 1 heterocycles. The van der Waals surface area contributed by atoms with Crippen molar-refractivity contribution in [2.45, 2.75) is 39.7 Å². The molecule has 0 saturated heterocycles. The van der Waals surface area contributed by atoms with E-state index in [1.165, 1.54) is 0 Å². The van der Waals surface area contributed by atoms with Gasteiger partial charge in [0, 0.05) is 12.2 Å². The molecule has 94 valence electrons. The van der Waals surface area contributed by atoms with Crippen molar-refractivity contribution in [3.8, 4) is 0 Å². The van der Waals surface area contributed by atoms with E-state index in [-0.39, 0.29) is 12.5 Å². The first-order valence-corrected chi connectivity index (χ1v) is 5.94. The summed E-state index contributed by atoms with van der Waals surface area (Å²) in [6, 6.07) is 3.66. The number of amides is 1. The molecule has 4 nitrogen and oxygen atoms in total. The van der Waals surface area contributed by atoms with Gasteiger partial charge in [0.15, 0.2) is 0 Å². The average Bonchev–Trinajstić information content (AvgIpc) is 2.25. The minimum atomic E-state index is -0.477. The van der Waals surface area contributed by atoms with Gasteiger partial charge >= 0.3 is 0 Å². The summed E-state index contributed by atoms with van der Waals surface area (Å²) in [6.07, 6.45) is 1.12. The van der Waals surface area contributed by atoms with Crippen molar-refractivity contribution in [2.24, 2.45) is 0 Å². The van der Waals surface area contributed by atoms with Gasteiger partial charge in [0.25, 0.3) is 5.91 Å². The van der Waals surface area contributed by atoms with Gasteiger partial charge < -0.3 is 10.4 Å². The van der Waals surface area contributed by atoms with Gasteiger partial charge in [0.1, 0.15) is 5.69 Å². The summed E-state index contributed by atoms with van der Waals surface area (Å²) in [5.41, 5.74) is 2.24. The van der Waals surface area contributed by atoms with Crippen LogP contribution in [0.25, 0.3) is 0 Å². The zero-order valence-electron chi connectivity index (χ0n) is 10.7. The molecule has 2 N–H and O–H groups in total. The van der Waals surface area contributed by atoms with Crippen LogP contribution in [-0.4, -0.2) is 28.6 Å². The van der Waals surface area contributed by atoms with Crippen LogP contribution in [0.1, 0.15) is 41.5 Å². The zero-order valence-corrected chi connectivity index (χ0v) is 10.7. The predicted octanol–water partition coefficient (Wildman–Crippen LogP) is 1.59. The fraction of sp³-hybridized carbons (Fsp3) is 0.538. The molecule has 0 bridgehead atoms. The van der Waals surface area contributed by atoms with Crippen molar-refractivity contribution in [3.63, 3.8) is 0 Å². The fourth-order valence-electron chi connectivity index (χ4n) is 1.69. The van der Waals surface area contributed by atoms with Crippen molar-refractivity contribution in [2.75, 3.05) is 6.54 Å². The molecule has 0 saturated carbocycles. The molecule has 1 atom stereocenters. The molecular weight excluding hydrogens is 216 g/mol. The third-order valence-corrected chi connectivity index (χ3v) is 2.45. The number of nitrogens with zero attached hydrogens (tertiary/aromatic N) is 1. The molecule has 0 aliphatic carbocycles. The normalized spacial score (nSPS) is 12.2. The number of hydrogen-bond acceptors (Lipinski definition) is 3. The van der Waals surface area contributed by atoms with Crippen LogP contribution in [0.5, 0.6) is 0 Å². The SMILES string of the molecule is CCCC(O)CNC(=O)c1cc(C)cc(C)n1. The van der Waals surface area contributed by atoms with Crippen LogP contribution in [0.2, 0.25) is 0 Å². The molecule has 0 spiro atoms. The largest absolute Gasteiger partial charge is 0.391 e. The van der Waals surface area contributed by atoms with Gasteiger partial charge in [-0.3, -0.25) is 4.79 Å². The van der Waals surface area contributed by atoms with Crippen LogP contribution >= 0.6 is 0 Å². The maximum atomic E-state index is 11.8. The number of aliphatic hydroxyl groups is 1. The minimum Gasteiger partial charge on any atom is -0.391 e. The van der Waals surface area contributed by atoms with Crippen molar-refractivity contribution in [1.82, 2.24) is 10.3 Å². The number of aromatic nitrogens is 1. The summed E-state index contributed by atoms with van der Waals surface area (Å²) < 4.78 is 0. The first-order valence-electron chi connectivity index (χ1n) is 5.94. The van der Waals surface area contributed by atoms with Crippen molar-refractivity contribution in [1.29, 1.82) is 0 Å². The Balaban J connectivity index is 2.58.